The predicted molar refractivity (Wildman–Crippen MR) is 105 cm³/mol. The lowest BCUT2D eigenvalue weighted by Gasteiger charge is -2.24. The molecule has 0 amide bonds. The van der Waals surface area contributed by atoms with Crippen LogP contribution in [0.2, 0.25) is 0 Å². The molecule has 0 radical (unpaired) electrons. The second kappa shape index (κ2) is 7.73. The third-order valence-electron chi connectivity index (χ3n) is 5.17. The summed E-state index contributed by atoms with van der Waals surface area (Å²) in [6.45, 7) is 2.52. The van der Waals surface area contributed by atoms with Crippen LogP contribution in [0.25, 0.3) is 22.4 Å². The predicted octanol–water partition coefficient (Wildman–Crippen LogP) is 1.72. The van der Waals surface area contributed by atoms with Gasteiger partial charge in [-0.3, -0.25) is 4.57 Å². The maximum absolute atomic E-state index is 12.5. The summed E-state index contributed by atoms with van der Waals surface area (Å²) in [4.78, 5) is 24.8. The summed E-state index contributed by atoms with van der Waals surface area (Å²) in [6.07, 6.45) is 5.72. The van der Waals surface area contributed by atoms with E-state index in [-0.39, 0.29) is 11.8 Å². The molecule has 29 heavy (non-hydrogen) atoms. The third kappa shape index (κ3) is 3.64. The van der Waals surface area contributed by atoms with E-state index < -0.39 is 0 Å². The highest BCUT2D eigenvalue weighted by molar-refractivity contribution is 5.72. The molecule has 4 heterocycles. The first-order valence-electron chi connectivity index (χ1n) is 9.60. The standard InChI is InChI=1S/C21H20N4O4/c26-21-24-20(29-12-17-11-27-5-6-28-17)8-19-18-2-1-14(16-9-22-13-23-10-16)7-15(18)3-4-25(19)21/h1-2,7-10,13,17H,3-6,11-12H2. The first kappa shape index (κ1) is 18.0. The van der Waals surface area contributed by atoms with Crippen molar-refractivity contribution in [3.63, 3.8) is 0 Å². The number of hydrogen-bond donors (Lipinski definition) is 0. The molecule has 3 aromatic rings. The number of aryl methyl sites for hydroxylation is 1. The molecule has 1 atom stereocenters. The normalized spacial score (nSPS) is 18.0. The molecule has 0 bridgehead atoms. The summed E-state index contributed by atoms with van der Waals surface area (Å²) in [5.41, 5.74) is 4.72. The lowest BCUT2D eigenvalue weighted by molar-refractivity contribution is -0.102. The van der Waals surface area contributed by atoms with E-state index in [1.165, 1.54) is 11.9 Å². The molecule has 2 aliphatic heterocycles. The maximum Gasteiger partial charge on any atom is 0.351 e. The van der Waals surface area contributed by atoms with Gasteiger partial charge < -0.3 is 14.2 Å². The van der Waals surface area contributed by atoms with Gasteiger partial charge in [-0.05, 0) is 17.5 Å². The lowest BCUT2D eigenvalue weighted by Crippen LogP contribution is -2.34. The average molecular weight is 392 g/mol. The van der Waals surface area contributed by atoms with Crippen LogP contribution in [0.5, 0.6) is 5.88 Å². The van der Waals surface area contributed by atoms with Crippen LogP contribution < -0.4 is 10.4 Å². The van der Waals surface area contributed by atoms with Crippen molar-refractivity contribution in [3.8, 4) is 28.3 Å². The Bertz CT molecular complexity index is 1080. The van der Waals surface area contributed by atoms with Gasteiger partial charge in [0.05, 0.1) is 25.5 Å². The summed E-state index contributed by atoms with van der Waals surface area (Å²) >= 11 is 0. The fourth-order valence-electron chi connectivity index (χ4n) is 3.72. The van der Waals surface area contributed by atoms with E-state index in [1.807, 2.05) is 18.2 Å². The Morgan fingerprint density at radius 2 is 2.03 bits per heavy atom. The molecule has 8 heteroatoms. The first-order valence-corrected chi connectivity index (χ1v) is 9.60. The Labute approximate surface area is 167 Å². The third-order valence-corrected chi connectivity index (χ3v) is 5.17. The van der Waals surface area contributed by atoms with Crippen LogP contribution in [0.4, 0.5) is 0 Å². The number of benzene rings is 1. The van der Waals surface area contributed by atoms with Gasteiger partial charge in [-0.1, -0.05) is 18.2 Å². The molecule has 1 fully saturated rings. The van der Waals surface area contributed by atoms with Crippen LogP contribution in [-0.2, 0) is 22.4 Å². The number of nitrogens with zero attached hydrogens (tertiary/aromatic N) is 4. The fourth-order valence-corrected chi connectivity index (χ4v) is 3.72. The Morgan fingerprint density at radius 1 is 1.14 bits per heavy atom. The molecule has 8 nitrogen and oxygen atoms in total. The second-order valence-corrected chi connectivity index (χ2v) is 7.04. The van der Waals surface area contributed by atoms with Crippen LogP contribution in [0.3, 0.4) is 0 Å². The minimum atomic E-state index is -0.301. The Hall–Kier alpha value is -3.10. The van der Waals surface area contributed by atoms with Gasteiger partial charge in [-0.2, -0.15) is 4.98 Å². The highest BCUT2D eigenvalue weighted by Gasteiger charge is 2.21. The SMILES string of the molecule is O=c1nc(OCC2COCCO2)cc2n1CCc1cc(-c3cncnc3)ccc1-2. The van der Waals surface area contributed by atoms with Crippen molar-refractivity contribution < 1.29 is 14.2 Å². The van der Waals surface area contributed by atoms with E-state index in [4.69, 9.17) is 14.2 Å². The molecule has 2 aliphatic rings. The second-order valence-electron chi connectivity index (χ2n) is 7.04. The number of rotatable bonds is 4. The topological polar surface area (TPSA) is 88.4 Å². The van der Waals surface area contributed by atoms with E-state index in [1.54, 1.807) is 17.0 Å². The zero-order valence-electron chi connectivity index (χ0n) is 15.8. The molecule has 1 saturated heterocycles. The first-order chi connectivity index (χ1) is 14.3. The van der Waals surface area contributed by atoms with Crippen molar-refractivity contribution in [2.75, 3.05) is 26.4 Å². The van der Waals surface area contributed by atoms with E-state index in [0.29, 0.717) is 38.9 Å². The van der Waals surface area contributed by atoms with Gasteiger partial charge in [0.2, 0.25) is 5.88 Å². The summed E-state index contributed by atoms with van der Waals surface area (Å²) in [5.74, 6) is 0.309. The Balaban J connectivity index is 1.45. The highest BCUT2D eigenvalue weighted by Crippen LogP contribution is 2.32. The van der Waals surface area contributed by atoms with Gasteiger partial charge in [0.1, 0.15) is 19.0 Å². The molecule has 0 saturated carbocycles. The Kier molecular flexibility index (Phi) is 4.79. The fraction of sp³-hybridized carbons (Fsp3) is 0.333. The zero-order valence-corrected chi connectivity index (χ0v) is 15.8. The molecular weight excluding hydrogens is 372 g/mol. The lowest BCUT2D eigenvalue weighted by atomic mass is 9.94. The minimum Gasteiger partial charge on any atom is -0.475 e. The maximum atomic E-state index is 12.5. The van der Waals surface area contributed by atoms with E-state index in [2.05, 4.69) is 21.0 Å². The molecule has 148 valence electrons. The molecule has 0 N–H and O–H groups in total. The number of aromatic nitrogens is 4. The molecule has 1 unspecified atom stereocenters. The Morgan fingerprint density at radius 3 is 2.86 bits per heavy atom. The molecule has 0 spiro atoms. The van der Waals surface area contributed by atoms with Crippen molar-refractivity contribution in [2.45, 2.75) is 19.1 Å². The smallest absolute Gasteiger partial charge is 0.351 e. The van der Waals surface area contributed by atoms with E-state index in [9.17, 15) is 4.79 Å². The molecule has 5 rings (SSSR count). The van der Waals surface area contributed by atoms with Crippen molar-refractivity contribution in [1.29, 1.82) is 0 Å². The summed E-state index contributed by atoms with van der Waals surface area (Å²) in [7, 11) is 0. The van der Waals surface area contributed by atoms with Crippen molar-refractivity contribution >= 4 is 0 Å². The van der Waals surface area contributed by atoms with Crippen molar-refractivity contribution in [1.82, 2.24) is 19.5 Å². The van der Waals surface area contributed by atoms with Crippen molar-refractivity contribution in [2.24, 2.45) is 0 Å². The van der Waals surface area contributed by atoms with Crippen molar-refractivity contribution in [3.05, 3.63) is 59.0 Å². The van der Waals surface area contributed by atoms with Crippen LogP contribution in [-0.4, -0.2) is 52.1 Å². The number of hydrogen-bond acceptors (Lipinski definition) is 7. The van der Waals surface area contributed by atoms with Crippen LogP contribution in [0, 0.1) is 0 Å². The number of fused-ring (bicyclic) bond motifs is 3. The van der Waals surface area contributed by atoms with E-state index >= 15 is 0 Å². The van der Waals surface area contributed by atoms with Gasteiger partial charge in [-0.15, -0.1) is 0 Å². The van der Waals surface area contributed by atoms with Gasteiger partial charge in [0, 0.05) is 36.1 Å². The minimum absolute atomic E-state index is 0.146. The molecule has 2 aromatic heterocycles. The molecule has 1 aromatic carbocycles. The van der Waals surface area contributed by atoms with Crippen LogP contribution in [0.15, 0.2) is 47.8 Å². The molecular formula is C21H20N4O4. The highest BCUT2D eigenvalue weighted by atomic mass is 16.6. The summed E-state index contributed by atoms with van der Waals surface area (Å²) < 4.78 is 18.4. The number of ether oxygens (including phenoxy) is 3. The average Bonchev–Trinajstić information content (AvgIpc) is 2.78. The van der Waals surface area contributed by atoms with Gasteiger partial charge in [-0.25, -0.2) is 14.8 Å². The van der Waals surface area contributed by atoms with Gasteiger partial charge in [0.15, 0.2) is 0 Å². The quantitative estimate of drug-likeness (QED) is 0.668. The largest absolute Gasteiger partial charge is 0.475 e. The van der Waals surface area contributed by atoms with Crippen LogP contribution in [0.1, 0.15) is 5.56 Å². The monoisotopic (exact) mass is 392 g/mol. The van der Waals surface area contributed by atoms with E-state index in [0.717, 1.165) is 28.8 Å². The summed E-state index contributed by atoms with van der Waals surface area (Å²) in [6, 6.07) is 8.01. The van der Waals surface area contributed by atoms with Gasteiger partial charge >= 0.3 is 5.69 Å². The van der Waals surface area contributed by atoms with Crippen LogP contribution >= 0.6 is 0 Å². The van der Waals surface area contributed by atoms with Gasteiger partial charge in [0.25, 0.3) is 0 Å². The summed E-state index contributed by atoms with van der Waals surface area (Å²) in [5, 5.41) is 0. The zero-order chi connectivity index (χ0) is 19.6. The molecule has 0 aliphatic carbocycles.